The number of nitrogens with one attached hydrogen (secondary N) is 1. The lowest BCUT2D eigenvalue weighted by Gasteiger charge is -2.17. The Hall–Kier alpha value is -3.23. The number of carbonyl (C=O) groups is 2. The zero-order chi connectivity index (χ0) is 21.3. The van der Waals surface area contributed by atoms with E-state index in [1.54, 1.807) is 12.1 Å². The van der Waals surface area contributed by atoms with Gasteiger partial charge in [0.15, 0.2) is 11.5 Å². The molecule has 1 saturated heterocycles. The SMILES string of the molecule is O=C(NCc1ccc2c(c1)OCO2)C1CC(=O)N(Cc2cccc(C(F)(F)F)c2)C1. The number of nitrogens with zero attached hydrogens (tertiary/aromatic N) is 1. The van der Waals surface area contributed by atoms with E-state index in [0.717, 1.165) is 17.7 Å². The molecular formula is C21H19F3N2O4. The number of carbonyl (C=O) groups excluding carboxylic acids is 2. The Kier molecular flexibility index (Phi) is 5.27. The number of hydrogen-bond donors (Lipinski definition) is 1. The maximum Gasteiger partial charge on any atom is 0.416 e. The van der Waals surface area contributed by atoms with Crippen molar-refractivity contribution in [3.8, 4) is 11.5 Å². The van der Waals surface area contributed by atoms with Crippen molar-refractivity contribution in [2.45, 2.75) is 25.7 Å². The molecule has 1 atom stereocenters. The Morgan fingerprint density at radius 2 is 1.90 bits per heavy atom. The summed E-state index contributed by atoms with van der Waals surface area (Å²) >= 11 is 0. The van der Waals surface area contributed by atoms with Gasteiger partial charge in [-0.25, -0.2) is 0 Å². The van der Waals surface area contributed by atoms with E-state index in [9.17, 15) is 22.8 Å². The minimum atomic E-state index is -4.44. The average molecular weight is 420 g/mol. The Morgan fingerprint density at radius 1 is 1.10 bits per heavy atom. The first-order chi connectivity index (χ1) is 14.3. The van der Waals surface area contributed by atoms with Gasteiger partial charge in [-0.15, -0.1) is 0 Å². The summed E-state index contributed by atoms with van der Waals surface area (Å²) in [4.78, 5) is 26.2. The molecule has 1 fully saturated rings. The number of halogens is 3. The van der Waals surface area contributed by atoms with Crippen molar-refractivity contribution in [1.29, 1.82) is 0 Å². The predicted molar refractivity (Wildman–Crippen MR) is 99.4 cm³/mol. The van der Waals surface area contributed by atoms with Gasteiger partial charge in [0.05, 0.1) is 11.5 Å². The topological polar surface area (TPSA) is 67.9 Å². The van der Waals surface area contributed by atoms with Crippen LogP contribution in [0.3, 0.4) is 0 Å². The number of amides is 2. The Labute approximate surface area is 170 Å². The second-order valence-corrected chi connectivity index (χ2v) is 7.28. The van der Waals surface area contributed by atoms with E-state index in [2.05, 4.69) is 5.32 Å². The monoisotopic (exact) mass is 420 g/mol. The first-order valence-electron chi connectivity index (χ1n) is 9.40. The molecule has 2 aliphatic rings. The number of alkyl halides is 3. The molecule has 0 saturated carbocycles. The lowest BCUT2D eigenvalue weighted by Crippen LogP contribution is -2.32. The van der Waals surface area contributed by atoms with E-state index in [1.807, 2.05) is 6.07 Å². The van der Waals surface area contributed by atoms with Gasteiger partial charge >= 0.3 is 6.18 Å². The molecule has 0 bridgehead atoms. The lowest BCUT2D eigenvalue weighted by molar-refractivity contribution is -0.137. The van der Waals surface area contributed by atoms with Gasteiger partial charge in [-0.05, 0) is 35.4 Å². The van der Waals surface area contributed by atoms with Crippen LogP contribution < -0.4 is 14.8 Å². The molecule has 1 unspecified atom stereocenters. The quantitative estimate of drug-likeness (QED) is 0.807. The van der Waals surface area contributed by atoms with Crippen LogP contribution in [-0.4, -0.2) is 30.1 Å². The minimum absolute atomic E-state index is 0.0337. The molecule has 30 heavy (non-hydrogen) atoms. The first-order valence-corrected chi connectivity index (χ1v) is 9.40. The molecule has 9 heteroatoms. The predicted octanol–water partition coefficient (Wildman–Crippen LogP) is 3.10. The van der Waals surface area contributed by atoms with Crippen LogP contribution >= 0.6 is 0 Å². The van der Waals surface area contributed by atoms with Crippen molar-refractivity contribution < 1.29 is 32.2 Å². The molecule has 0 aliphatic carbocycles. The van der Waals surface area contributed by atoms with Gasteiger partial charge in [0.1, 0.15) is 0 Å². The fraction of sp³-hybridized carbons (Fsp3) is 0.333. The largest absolute Gasteiger partial charge is 0.454 e. The molecule has 6 nitrogen and oxygen atoms in total. The van der Waals surface area contributed by atoms with Crippen molar-refractivity contribution in [2.24, 2.45) is 5.92 Å². The van der Waals surface area contributed by atoms with E-state index in [0.29, 0.717) is 17.1 Å². The molecule has 0 spiro atoms. The van der Waals surface area contributed by atoms with Gasteiger partial charge in [-0.3, -0.25) is 9.59 Å². The highest BCUT2D eigenvalue weighted by Gasteiger charge is 2.35. The molecule has 2 aromatic rings. The summed E-state index contributed by atoms with van der Waals surface area (Å²) in [6.07, 6.45) is -4.41. The average Bonchev–Trinajstić information content (AvgIpc) is 3.32. The molecule has 1 N–H and O–H groups in total. The Morgan fingerprint density at radius 3 is 2.70 bits per heavy atom. The fourth-order valence-corrected chi connectivity index (χ4v) is 3.55. The summed E-state index contributed by atoms with van der Waals surface area (Å²) in [5, 5.41) is 2.80. The van der Waals surface area contributed by atoms with Crippen LogP contribution in [0.4, 0.5) is 13.2 Å². The molecular weight excluding hydrogens is 401 g/mol. The highest BCUT2D eigenvalue weighted by molar-refractivity contribution is 5.89. The minimum Gasteiger partial charge on any atom is -0.454 e. The van der Waals surface area contributed by atoms with Crippen LogP contribution in [0, 0.1) is 5.92 Å². The second kappa shape index (κ2) is 7.89. The zero-order valence-electron chi connectivity index (χ0n) is 15.9. The van der Waals surface area contributed by atoms with Crippen molar-refractivity contribution in [3.05, 3.63) is 59.2 Å². The van der Waals surface area contributed by atoms with E-state index in [4.69, 9.17) is 9.47 Å². The molecule has 0 radical (unpaired) electrons. The summed E-state index contributed by atoms with van der Waals surface area (Å²) < 4.78 is 49.2. The van der Waals surface area contributed by atoms with E-state index >= 15 is 0 Å². The van der Waals surface area contributed by atoms with Crippen LogP contribution in [0.1, 0.15) is 23.1 Å². The van der Waals surface area contributed by atoms with Crippen molar-refractivity contribution in [1.82, 2.24) is 10.2 Å². The third-order valence-electron chi connectivity index (χ3n) is 5.12. The van der Waals surface area contributed by atoms with Gasteiger partial charge in [0.2, 0.25) is 18.6 Å². The third kappa shape index (κ3) is 4.34. The second-order valence-electron chi connectivity index (χ2n) is 7.28. The van der Waals surface area contributed by atoms with Crippen LogP contribution in [0.25, 0.3) is 0 Å². The Balaban J connectivity index is 1.33. The van der Waals surface area contributed by atoms with E-state index in [1.165, 1.54) is 17.0 Å². The molecule has 2 heterocycles. The molecule has 158 valence electrons. The summed E-state index contributed by atoms with van der Waals surface area (Å²) in [6, 6.07) is 10.2. The van der Waals surface area contributed by atoms with Crippen molar-refractivity contribution in [2.75, 3.05) is 13.3 Å². The zero-order valence-corrected chi connectivity index (χ0v) is 15.9. The molecule has 0 aromatic heterocycles. The molecule has 4 rings (SSSR count). The smallest absolute Gasteiger partial charge is 0.416 e. The van der Waals surface area contributed by atoms with Gasteiger partial charge in [-0.2, -0.15) is 13.2 Å². The van der Waals surface area contributed by atoms with Gasteiger partial charge < -0.3 is 19.7 Å². The normalized spacial score (nSPS) is 18.0. The number of ether oxygens (including phenoxy) is 2. The highest BCUT2D eigenvalue weighted by Crippen LogP contribution is 2.33. The maximum absolute atomic E-state index is 12.9. The standard InChI is InChI=1S/C21H19F3N2O4/c22-21(23,24)16-3-1-2-14(6-16)10-26-11-15(8-19(26)27)20(28)25-9-13-4-5-17-18(7-13)30-12-29-17/h1-7,15H,8-12H2,(H,25,28). The van der Waals surface area contributed by atoms with Crippen LogP contribution in [-0.2, 0) is 28.9 Å². The maximum atomic E-state index is 12.9. The fourth-order valence-electron chi connectivity index (χ4n) is 3.55. The first kappa shape index (κ1) is 20.1. The number of likely N-dealkylation sites (tertiary alicyclic amines) is 1. The number of benzene rings is 2. The summed E-state index contributed by atoms with van der Waals surface area (Å²) in [6.45, 7) is 0.640. The Bertz CT molecular complexity index is 977. The summed E-state index contributed by atoms with van der Waals surface area (Å²) in [5.74, 6) is 0.197. The number of fused-ring (bicyclic) bond motifs is 1. The van der Waals surface area contributed by atoms with Crippen molar-refractivity contribution in [3.63, 3.8) is 0 Å². The lowest BCUT2D eigenvalue weighted by atomic mass is 10.1. The van der Waals surface area contributed by atoms with Crippen molar-refractivity contribution >= 4 is 11.8 Å². The molecule has 2 aliphatic heterocycles. The van der Waals surface area contributed by atoms with Gasteiger partial charge in [0.25, 0.3) is 0 Å². The summed E-state index contributed by atoms with van der Waals surface area (Å²) in [7, 11) is 0. The van der Waals surface area contributed by atoms with Crippen LogP contribution in [0.15, 0.2) is 42.5 Å². The number of rotatable bonds is 5. The van der Waals surface area contributed by atoms with Gasteiger partial charge in [-0.1, -0.05) is 18.2 Å². The van der Waals surface area contributed by atoms with Gasteiger partial charge in [0, 0.05) is 26.1 Å². The van der Waals surface area contributed by atoms with E-state index in [-0.39, 0.29) is 44.7 Å². The summed E-state index contributed by atoms with van der Waals surface area (Å²) in [5.41, 5.74) is 0.446. The molecule has 2 aromatic carbocycles. The van der Waals surface area contributed by atoms with E-state index < -0.39 is 17.7 Å². The third-order valence-corrected chi connectivity index (χ3v) is 5.12. The van der Waals surface area contributed by atoms with Crippen LogP contribution in [0.5, 0.6) is 11.5 Å². The number of hydrogen-bond acceptors (Lipinski definition) is 4. The molecule has 2 amide bonds. The highest BCUT2D eigenvalue weighted by atomic mass is 19.4. The van der Waals surface area contributed by atoms with Crippen LogP contribution in [0.2, 0.25) is 0 Å².